The van der Waals surface area contributed by atoms with Gasteiger partial charge in [0.15, 0.2) is 0 Å². The number of hydrogen-bond acceptors (Lipinski definition) is 3. The van der Waals surface area contributed by atoms with E-state index in [-0.39, 0.29) is 5.54 Å². The lowest BCUT2D eigenvalue weighted by atomic mass is 9.89. The van der Waals surface area contributed by atoms with Gasteiger partial charge in [-0.3, -0.25) is 4.90 Å². The normalized spacial score (nSPS) is 24.4. The van der Waals surface area contributed by atoms with Crippen LogP contribution >= 0.6 is 0 Å². The lowest BCUT2D eigenvalue weighted by Crippen LogP contribution is -2.47. The molecule has 2 rings (SSSR count). The molecule has 100 valence electrons. The van der Waals surface area contributed by atoms with Crippen molar-refractivity contribution >= 4 is 0 Å². The Balaban J connectivity index is 1.97. The molecule has 1 aliphatic rings. The van der Waals surface area contributed by atoms with Crippen molar-refractivity contribution in [1.82, 2.24) is 4.90 Å². The number of likely N-dealkylation sites (tertiary alicyclic amines) is 1. The maximum absolute atomic E-state index is 6.01. The Morgan fingerprint density at radius 3 is 2.56 bits per heavy atom. The molecular weight excluding hydrogens is 224 g/mol. The maximum atomic E-state index is 6.01. The molecule has 1 saturated heterocycles. The maximum Gasteiger partial charge on any atom is 0.118 e. The van der Waals surface area contributed by atoms with Crippen molar-refractivity contribution in [3.05, 3.63) is 29.8 Å². The van der Waals surface area contributed by atoms with Gasteiger partial charge in [-0.25, -0.2) is 0 Å². The fourth-order valence-corrected chi connectivity index (χ4v) is 2.92. The summed E-state index contributed by atoms with van der Waals surface area (Å²) in [7, 11) is 3.90. The molecule has 3 nitrogen and oxygen atoms in total. The topological polar surface area (TPSA) is 38.5 Å². The molecule has 2 N–H and O–H groups in total. The van der Waals surface area contributed by atoms with Crippen molar-refractivity contribution in [1.29, 1.82) is 0 Å². The summed E-state index contributed by atoms with van der Waals surface area (Å²) in [5, 5.41) is 0. The molecule has 0 amide bonds. The largest absolute Gasteiger partial charge is 0.497 e. The van der Waals surface area contributed by atoms with E-state index in [1.165, 1.54) is 24.9 Å². The van der Waals surface area contributed by atoms with Gasteiger partial charge in [-0.1, -0.05) is 12.1 Å². The van der Waals surface area contributed by atoms with Gasteiger partial charge in [0, 0.05) is 12.1 Å². The predicted octanol–water partition coefficient (Wildman–Crippen LogP) is 2.05. The van der Waals surface area contributed by atoms with Gasteiger partial charge in [0.25, 0.3) is 0 Å². The third-order valence-electron chi connectivity index (χ3n) is 4.36. The summed E-state index contributed by atoms with van der Waals surface area (Å²) in [5.74, 6) is 0.922. The average Bonchev–Trinajstić information content (AvgIpc) is 2.79. The monoisotopic (exact) mass is 248 g/mol. The first-order chi connectivity index (χ1) is 8.70. The van der Waals surface area contributed by atoms with E-state index in [1.807, 2.05) is 12.1 Å². The number of benzene rings is 1. The number of methoxy groups -OCH3 is 1. The van der Waals surface area contributed by atoms with Gasteiger partial charge in [0.2, 0.25) is 0 Å². The molecule has 0 aromatic heterocycles. The van der Waals surface area contributed by atoms with Crippen LogP contribution in [-0.2, 0) is 6.42 Å². The third-order valence-corrected chi connectivity index (χ3v) is 4.36. The fourth-order valence-electron chi connectivity index (χ4n) is 2.92. The van der Waals surface area contributed by atoms with Gasteiger partial charge in [-0.15, -0.1) is 0 Å². The van der Waals surface area contributed by atoms with E-state index in [2.05, 4.69) is 24.1 Å². The quantitative estimate of drug-likeness (QED) is 0.866. The minimum absolute atomic E-state index is 0.222. The third kappa shape index (κ3) is 2.68. The Morgan fingerprint density at radius 2 is 2.06 bits per heavy atom. The van der Waals surface area contributed by atoms with Gasteiger partial charge >= 0.3 is 0 Å². The van der Waals surface area contributed by atoms with Gasteiger partial charge in [0.05, 0.1) is 7.11 Å². The Kier molecular flexibility index (Phi) is 4.25. The Labute approximate surface area is 110 Å². The Morgan fingerprint density at radius 1 is 1.33 bits per heavy atom. The number of rotatable bonds is 5. The fraction of sp³-hybridized carbons (Fsp3) is 0.600. The molecule has 3 heteroatoms. The van der Waals surface area contributed by atoms with Crippen LogP contribution in [0.4, 0.5) is 0 Å². The van der Waals surface area contributed by atoms with E-state index in [4.69, 9.17) is 10.5 Å². The molecular formula is C15H24N2O. The zero-order valence-corrected chi connectivity index (χ0v) is 11.5. The van der Waals surface area contributed by atoms with Crippen molar-refractivity contribution in [2.45, 2.75) is 31.2 Å². The predicted molar refractivity (Wildman–Crippen MR) is 75.0 cm³/mol. The highest BCUT2D eigenvalue weighted by Crippen LogP contribution is 2.31. The van der Waals surface area contributed by atoms with Gasteiger partial charge in [-0.2, -0.15) is 0 Å². The molecule has 0 radical (unpaired) electrons. The standard InChI is InChI=1S/C15H24N2O/c1-17-11-3-9-15(17,12-16)10-8-13-4-6-14(18-2)7-5-13/h4-7H,3,8-12,16H2,1-2H3. The van der Waals surface area contributed by atoms with Crippen molar-refractivity contribution in [2.24, 2.45) is 5.73 Å². The first kappa shape index (κ1) is 13.4. The first-order valence-electron chi connectivity index (χ1n) is 6.74. The summed E-state index contributed by atoms with van der Waals surface area (Å²) in [6, 6.07) is 8.36. The summed E-state index contributed by atoms with van der Waals surface area (Å²) in [6.45, 7) is 1.94. The Bertz CT molecular complexity index is 377. The molecule has 1 aromatic rings. The highest BCUT2D eigenvalue weighted by Gasteiger charge is 2.36. The molecule has 1 fully saturated rings. The minimum atomic E-state index is 0.222. The van der Waals surface area contributed by atoms with Crippen LogP contribution in [0.3, 0.4) is 0 Å². The molecule has 0 saturated carbocycles. The molecule has 0 aliphatic carbocycles. The average molecular weight is 248 g/mol. The zero-order valence-electron chi connectivity index (χ0n) is 11.5. The second-order valence-electron chi connectivity index (χ2n) is 5.30. The summed E-state index contributed by atoms with van der Waals surface area (Å²) < 4.78 is 5.18. The van der Waals surface area contributed by atoms with Crippen LogP contribution in [0.2, 0.25) is 0 Å². The molecule has 1 atom stereocenters. The highest BCUT2D eigenvalue weighted by molar-refractivity contribution is 5.27. The van der Waals surface area contributed by atoms with Crippen LogP contribution < -0.4 is 10.5 Å². The van der Waals surface area contributed by atoms with Crippen LogP contribution in [-0.4, -0.2) is 37.7 Å². The number of aryl methyl sites for hydroxylation is 1. The second-order valence-corrected chi connectivity index (χ2v) is 5.30. The van der Waals surface area contributed by atoms with Crippen LogP contribution in [0.15, 0.2) is 24.3 Å². The molecule has 1 unspecified atom stereocenters. The molecule has 1 heterocycles. The lowest BCUT2D eigenvalue weighted by molar-refractivity contribution is 0.169. The van der Waals surface area contributed by atoms with Crippen molar-refractivity contribution in [2.75, 3.05) is 27.2 Å². The zero-order chi connectivity index (χ0) is 13.0. The van der Waals surface area contributed by atoms with E-state index in [0.29, 0.717) is 0 Å². The number of likely N-dealkylation sites (N-methyl/N-ethyl adjacent to an activating group) is 1. The summed E-state index contributed by atoms with van der Waals surface area (Å²) in [5.41, 5.74) is 7.59. The second kappa shape index (κ2) is 5.72. The smallest absolute Gasteiger partial charge is 0.118 e. The van der Waals surface area contributed by atoms with Crippen LogP contribution in [0.25, 0.3) is 0 Å². The van der Waals surface area contributed by atoms with Gasteiger partial charge in [0.1, 0.15) is 5.75 Å². The number of nitrogens with two attached hydrogens (primary N) is 1. The highest BCUT2D eigenvalue weighted by atomic mass is 16.5. The lowest BCUT2D eigenvalue weighted by Gasteiger charge is -2.35. The molecule has 1 aliphatic heterocycles. The van der Waals surface area contributed by atoms with Crippen molar-refractivity contribution in [3.8, 4) is 5.75 Å². The molecule has 18 heavy (non-hydrogen) atoms. The van der Waals surface area contributed by atoms with Gasteiger partial charge < -0.3 is 10.5 Å². The van der Waals surface area contributed by atoms with Crippen molar-refractivity contribution < 1.29 is 4.74 Å². The van der Waals surface area contributed by atoms with Crippen LogP contribution in [0, 0.1) is 0 Å². The first-order valence-corrected chi connectivity index (χ1v) is 6.74. The summed E-state index contributed by atoms with van der Waals surface area (Å²) >= 11 is 0. The van der Waals surface area contributed by atoms with E-state index in [1.54, 1.807) is 7.11 Å². The minimum Gasteiger partial charge on any atom is -0.497 e. The van der Waals surface area contributed by atoms with Crippen LogP contribution in [0.5, 0.6) is 5.75 Å². The molecule has 0 spiro atoms. The Hall–Kier alpha value is -1.06. The number of hydrogen-bond donors (Lipinski definition) is 1. The molecule has 1 aromatic carbocycles. The van der Waals surface area contributed by atoms with Crippen LogP contribution in [0.1, 0.15) is 24.8 Å². The van der Waals surface area contributed by atoms with E-state index < -0.39 is 0 Å². The van der Waals surface area contributed by atoms with E-state index in [9.17, 15) is 0 Å². The SMILES string of the molecule is COc1ccc(CCC2(CN)CCCN2C)cc1. The number of nitrogens with zero attached hydrogens (tertiary/aromatic N) is 1. The van der Waals surface area contributed by atoms with Gasteiger partial charge in [-0.05, 0) is 57.0 Å². The number of ether oxygens (including phenoxy) is 1. The molecule has 0 bridgehead atoms. The van der Waals surface area contributed by atoms with E-state index >= 15 is 0 Å². The summed E-state index contributed by atoms with van der Waals surface area (Å²) in [6.07, 6.45) is 4.74. The van der Waals surface area contributed by atoms with E-state index in [0.717, 1.165) is 25.1 Å². The van der Waals surface area contributed by atoms with Crippen molar-refractivity contribution in [3.63, 3.8) is 0 Å². The summed E-state index contributed by atoms with van der Waals surface area (Å²) in [4.78, 5) is 2.44.